The minimum atomic E-state index is -0.164. The van der Waals surface area contributed by atoms with Gasteiger partial charge in [-0.3, -0.25) is 0 Å². The summed E-state index contributed by atoms with van der Waals surface area (Å²) in [5.41, 5.74) is 2.00. The monoisotopic (exact) mass is 245 g/mol. The van der Waals surface area contributed by atoms with E-state index in [4.69, 9.17) is 0 Å². The molecule has 88 valence electrons. The minimum absolute atomic E-state index is 0.164. The van der Waals surface area contributed by atoms with Crippen LogP contribution in [0.5, 0.6) is 0 Å². The van der Waals surface area contributed by atoms with Gasteiger partial charge in [0.15, 0.2) is 0 Å². The fraction of sp³-hybridized carbons (Fsp3) is 0.385. The second-order valence-corrected chi connectivity index (χ2v) is 5.37. The minimum Gasteiger partial charge on any atom is -0.344 e. The zero-order valence-electron chi connectivity index (χ0n) is 10.2. The fourth-order valence-corrected chi connectivity index (χ4v) is 2.58. The predicted octanol–water partition coefficient (Wildman–Crippen LogP) is 3.71. The van der Waals surface area contributed by atoms with Crippen LogP contribution in [0.3, 0.4) is 0 Å². The maximum absolute atomic E-state index is 9.17. The van der Waals surface area contributed by atoms with Crippen LogP contribution in [0.15, 0.2) is 17.5 Å². The number of aryl methyl sites for hydroxylation is 1. The number of aromatic nitrogens is 2. The van der Waals surface area contributed by atoms with E-state index >= 15 is 0 Å². The standard InChI is InChI=1S/C13H15N3S/c1-8(2)10(7-14)13-15-9(3)12(16-13)11-5-4-6-17-11/h4-6,8,10H,1-3H3,(H,15,16). The Hall–Kier alpha value is -1.60. The molecule has 0 spiro atoms. The quantitative estimate of drug-likeness (QED) is 0.896. The maximum Gasteiger partial charge on any atom is 0.124 e. The third kappa shape index (κ3) is 2.25. The smallest absolute Gasteiger partial charge is 0.124 e. The van der Waals surface area contributed by atoms with Crippen molar-refractivity contribution >= 4 is 11.3 Å². The predicted molar refractivity (Wildman–Crippen MR) is 69.8 cm³/mol. The Morgan fingerprint density at radius 2 is 2.24 bits per heavy atom. The first-order valence-corrected chi connectivity index (χ1v) is 6.51. The van der Waals surface area contributed by atoms with Gasteiger partial charge in [-0.15, -0.1) is 11.3 Å². The first-order valence-electron chi connectivity index (χ1n) is 5.63. The Kier molecular flexibility index (Phi) is 3.30. The van der Waals surface area contributed by atoms with Gasteiger partial charge in [0.1, 0.15) is 17.4 Å². The van der Waals surface area contributed by atoms with Crippen LogP contribution in [0, 0.1) is 24.2 Å². The second kappa shape index (κ2) is 4.72. The normalized spacial score (nSPS) is 12.6. The highest BCUT2D eigenvalue weighted by atomic mass is 32.1. The van der Waals surface area contributed by atoms with Crippen molar-refractivity contribution in [2.75, 3.05) is 0 Å². The van der Waals surface area contributed by atoms with Gasteiger partial charge in [-0.05, 0) is 24.3 Å². The van der Waals surface area contributed by atoms with Crippen molar-refractivity contribution in [2.45, 2.75) is 26.7 Å². The molecule has 0 saturated heterocycles. The molecule has 0 radical (unpaired) electrons. The number of hydrogen-bond donors (Lipinski definition) is 1. The summed E-state index contributed by atoms with van der Waals surface area (Å²) in [5, 5.41) is 11.2. The zero-order chi connectivity index (χ0) is 12.4. The van der Waals surface area contributed by atoms with Crippen molar-refractivity contribution in [3.63, 3.8) is 0 Å². The SMILES string of the molecule is Cc1[nH]c(C(C#N)C(C)C)nc1-c1cccs1. The zero-order valence-corrected chi connectivity index (χ0v) is 11.0. The van der Waals surface area contributed by atoms with Gasteiger partial charge in [-0.2, -0.15) is 5.26 Å². The van der Waals surface area contributed by atoms with Crippen molar-refractivity contribution in [3.8, 4) is 16.6 Å². The molecule has 17 heavy (non-hydrogen) atoms. The number of nitrogens with one attached hydrogen (secondary N) is 1. The van der Waals surface area contributed by atoms with E-state index in [1.165, 1.54) is 0 Å². The first-order chi connectivity index (χ1) is 8.13. The van der Waals surface area contributed by atoms with Crippen molar-refractivity contribution in [1.82, 2.24) is 9.97 Å². The van der Waals surface area contributed by atoms with Crippen LogP contribution in [-0.2, 0) is 0 Å². The molecule has 1 unspecified atom stereocenters. The molecule has 0 aliphatic rings. The number of H-pyrrole nitrogens is 1. The highest BCUT2D eigenvalue weighted by molar-refractivity contribution is 7.13. The van der Waals surface area contributed by atoms with Crippen LogP contribution in [0.2, 0.25) is 0 Å². The number of nitrogens with zero attached hydrogens (tertiary/aromatic N) is 2. The summed E-state index contributed by atoms with van der Waals surface area (Å²) in [5.74, 6) is 0.882. The van der Waals surface area contributed by atoms with Crippen molar-refractivity contribution in [2.24, 2.45) is 5.92 Å². The molecule has 0 aliphatic carbocycles. The van der Waals surface area contributed by atoms with Crippen LogP contribution in [0.1, 0.15) is 31.3 Å². The highest BCUT2D eigenvalue weighted by Gasteiger charge is 2.20. The van der Waals surface area contributed by atoms with Crippen molar-refractivity contribution in [3.05, 3.63) is 29.0 Å². The Morgan fingerprint density at radius 3 is 2.76 bits per heavy atom. The Morgan fingerprint density at radius 1 is 1.47 bits per heavy atom. The van der Waals surface area contributed by atoms with Gasteiger partial charge in [-0.1, -0.05) is 19.9 Å². The molecule has 1 atom stereocenters. The lowest BCUT2D eigenvalue weighted by Gasteiger charge is -2.08. The maximum atomic E-state index is 9.17. The molecule has 4 heteroatoms. The molecular weight excluding hydrogens is 230 g/mol. The van der Waals surface area contributed by atoms with E-state index in [2.05, 4.69) is 16.0 Å². The summed E-state index contributed by atoms with van der Waals surface area (Å²) >= 11 is 1.67. The van der Waals surface area contributed by atoms with Crippen molar-refractivity contribution < 1.29 is 0 Å². The summed E-state index contributed by atoms with van der Waals surface area (Å²) in [7, 11) is 0. The summed E-state index contributed by atoms with van der Waals surface area (Å²) in [6.45, 7) is 6.08. The Balaban J connectivity index is 2.41. The van der Waals surface area contributed by atoms with Crippen LogP contribution >= 0.6 is 11.3 Å². The fourth-order valence-electron chi connectivity index (χ4n) is 1.81. The lowest BCUT2D eigenvalue weighted by Crippen LogP contribution is -2.06. The van der Waals surface area contributed by atoms with Crippen LogP contribution in [0.25, 0.3) is 10.6 Å². The largest absolute Gasteiger partial charge is 0.344 e. The molecule has 0 saturated carbocycles. The van der Waals surface area contributed by atoms with Gasteiger partial charge in [0.25, 0.3) is 0 Å². The van der Waals surface area contributed by atoms with E-state index in [9.17, 15) is 5.26 Å². The molecule has 0 fully saturated rings. The molecule has 0 aliphatic heterocycles. The van der Waals surface area contributed by atoms with E-state index in [1.807, 2.05) is 38.3 Å². The number of thiophene rings is 1. The van der Waals surface area contributed by atoms with E-state index in [-0.39, 0.29) is 11.8 Å². The van der Waals surface area contributed by atoms with Crippen LogP contribution in [-0.4, -0.2) is 9.97 Å². The van der Waals surface area contributed by atoms with Gasteiger partial charge < -0.3 is 4.98 Å². The molecule has 3 nitrogen and oxygen atoms in total. The average molecular weight is 245 g/mol. The molecule has 0 bridgehead atoms. The Labute approximate surface area is 105 Å². The molecular formula is C13H15N3S. The van der Waals surface area contributed by atoms with Crippen LogP contribution < -0.4 is 0 Å². The van der Waals surface area contributed by atoms with Crippen LogP contribution in [0.4, 0.5) is 0 Å². The summed E-state index contributed by atoms with van der Waals surface area (Å²) in [6, 6.07) is 6.38. The van der Waals surface area contributed by atoms with E-state index in [0.717, 1.165) is 22.1 Å². The highest BCUT2D eigenvalue weighted by Crippen LogP contribution is 2.29. The molecule has 0 aromatic carbocycles. The number of nitriles is 1. The van der Waals surface area contributed by atoms with Crippen molar-refractivity contribution in [1.29, 1.82) is 5.26 Å². The molecule has 0 amide bonds. The third-order valence-corrected chi connectivity index (χ3v) is 3.63. The summed E-state index contributed by atoms with van der Waals surface area (Å²) in [4.78, 5) is 8.96. The number of rotatable bonds is 3. The van der Waals surface area contributed by atoms with Gasteiger partial charge in [0, 0.05) is 5.69 Å². The lowest BCUT2D eigenvalue weighted by atomic mass is 9.97. The molecule has 2 rings (SSSR count). The molecule has 1 N–H and O–H groups in total. The number of aromatic amines is 1. The van der Waals surface area contributed by atoms with Gasteiger partial charge in [-0.25, -0.2) is 4.98 Å². The summed E-state index contributed by atoms with van der Waals surface area (Å²) in [6.07, 6.45) is 0. The topological polar surface area (TPSA) is 52.5 Å². The average Bonchev–Trinajstić information content (AvgIpc) is 2.87. The van der Waals surface area contributed by atoms with E-state index in [1.54, 1.807) is 11.3 Å². The van der Waals surface area contributed by atoms with E-state index < -0.39 is 0 Å². The van der Waals surface area contributed by atoms with Gasteiger partial charge in [0.2, 0.25) is 0 Å². The number of hydrogen-bond acceptors (Lipinski definition) is 3. The lowest BCUT2D eigenvalue weighted by molar-refractivity contribution is 0.565. The first kappa shape index (κ1) is 11.9. The summed E-state index contributed by atoms with van der Waals surface area (Å²) < 4.78 is 0. The molecule has 2 aromatic rings. The third-order valence-electron chi connectivity index (χ3n) is 2.76. The van der Waals surface area contributed by atoms with Gasteiger partial charge in [0.05, 0.1) is 10.9 Å². The van der Waals surface area contributed by atoms with E-state index in [0.29, 0.717) is 0 Å². The van der Waals surface area contributed by atoms with Gasteiger partial charge >= 0.3 is 0 Å². The second-order valence-electron chi connectivity index (χ2n) is 4.42. The number of imidazole rings is 1. The molecule has 2 aromatic heterocycles. The molecule has 2 heterocycles. The Bertz CT molecular complexity index is 532.